The summed E-state index contributed by atoms with van der Waals surface area (Å²) in [6.45, 7) is 2.73. The largest absolute Gasteiger partial charge is 0.329 e. The topological polar surface area (TPSA) is 26.0 Å². The van der Waals surface area contributed by atoms with Gasteiger partial charge in [0.15, 0.2) is 0 Å². The van der Waals surface area contributed by atoms with E-state index in [0.717, 1.165) is 10.8 Å². The molecule has 2 rings (SSSR count). The zero-order chi connectivity index (χ0) is 13.7. The van der Waals surface area contributed by atoms with Crippen molar-refractivity contribution in [2.24, 2.45) is 5.73 Å². The zero-order valence-electron chi connectivity index (χ0n) is 11.0. The van der Waals surface area contributed by atoms with Crippen LogP contribution in [0.15, 0.2) is 48.5 Å². The minimum absolute atomic E-state index is 0.317. The maximum absolute atomic E-state index is 6.17. The standard InChI is InChI=1S/C16H18ClNS/c1-12-6-8-13(9-7-12)16(10-18)19-11-14-4-2-3-5-15(14)17/h2-9,16H,10-11,18H2,1H3. The predicted octanol–water partition coefficient (Wildman–Crippen LogP) is 4.58. The van der Waals surface area contributed by atoms with Crippen molar-refractivity contribution in [2.45, 2.75) is 17.9 Å². The molecular weight excluding hydrogens is 274 g/mol. The Morgan fingerprint density at radius 1 is 1.11 bits per heavy atom. The highest BCUT2D eigenvalue weighted by molar-refractivity contribution is 7.98. The van der Waals surface area contributed by atoms with E-state index in [1.165, 1.54) is 16.7 Å². The molecule has 0 aliphatic carbocycles. The minimum atomic E-state index is 0.317. The average Bonchev–Trinajstić information content (AvgIpc) is 2.43. The number of hydrogen-bond donors (Lipinski definition) is 1. The van der Waals surface area contributed by atoms with E-state index in [1.807, 2.05) is 30.0 Å². The summed E-state index contributed by atoms with van der Waals surface area (Å²) in [6, 6.07) is 16.6. The van der Waals surface area contributed by atoms with Crippen LogP contribution in [0.5, 0.6) is 0 Å². The second kappa shape index (κ2) is 6.99. The lowest BCUT2D eigenvalue weighted by Gasteiger charge is -2.15. The molecule has 0 saturated heterocycles. The van der Waals surface area contributed by atoms with E-state index in [0.29, 0.717) is 11.8 Å². The van der Waals surface area contributed by atoms with Crippen LogP contribution in [0.25, 0.3) is 0 Å². The third-order valence-corrected chi connectivity index (χ3v) is 4.77. The van der Waals surface area contributed by atoms with Gasteiger partial charge in [-0.25, -0.2) is 0 Å². The van der Waals surface area contributed by atoms with Crippen molar-refractivity contribution in [1.82, 2.24) is 0 Å². The van der Waals surface area contributed by atoms with Gasteiger partial charge in [0.25, 0.3) is 0 Å². The Morgan fingerprint density at radius 2 is 1.79 bits per heavy atom. The second-order valence-corrected chi connectivity index (χ2v) is 6.14. The van der Waals surface area contributed by atoms with E-state index in [4.69, 9.17) is 17.3 Å². The van der Waals surface area contributed by atoms with Gasteiger partial charge in [-0.15, -0.1) is 11.8 Å². The maximum atomic E-state index is 6.17. The van der Waals surface area contributed by atoms with Crippen molar-refractivity contribution in [3.63, 3.8) is 0 Å². The van der Waals surface area contributed by atoms with Gasteiger partial charge in [0.05, 0.1) is 0 Å². The minimum Gasteiger partial charge on any atom is -0.329 e. The maximum Gasteiger partial charge on any atom is 0.0446 e. The van der Waals surface area contributed by atoms with Crippen molar-refractivity contribution in [1.29, 1.82) is 0 Å². The molecule has 19 heavy (non-hydrogen) atoms. The van der Waals surface area contributed by atoms with Crippen molar-refractivity contribution >= 4 is 23.4 Å². The molecular formula is C16H18ClNS. The van der Waals surface area contributed by atoms with Crippen LogP contribution in [0.2, 0.25) is 5.02 Å². The number of rotatable bonds is 5. The van der Waals surface area contributed by atoms with Crippen LogP contribution in [0.4, 0.5) is 0 Å². The monoisotopic (exact) mass is 291 g/mol. The number of benzene rings is 2. The normalized spacial score (nSPS) is 12.4. The second-order valence-electron chi connectivity index (χ2n) is 4.54. The summed E-state index contributed by atoms with van der Waals surface area (Å²) in [5, 5.41) is 1.14. The summed E-state index contributed by atoms with van der Waals surface area (Å²) in [4.78, 5) is 0. The summed E-state index contributed by atoms with van der Waals surface area (Å²) in [5.41, 5.74) is 9.61. The van der Waals surface area contributed by atoms with Gasteiger partial charge in [-0.05, 0) is 24.1 Å². The molecule has 100 valence electrons. The van der Waals surface area contributed by atoms with Gasteiger partial charge in [0.1, 0.15) is 0 Å². The molecule has 0 heterocycles. The van der Waals surface area contributed by atoms with Gasteiger partial charge in [-0.2, -0.15) is 0 Å². The van der Waals surface area contributed by atoms with Crippen molar-refractivity contribution in [3.8, 4) is 0 Å². The first-order valence-corrected chi connectivity index (χ1v) is 7.75. The van der Waals surface area contributed by atoms with Crippen LogP contribution in [0, 0.1) is 6.92 Å². The van der Waals surface area contributed by atoms with Crippen molar-refractivity contribution < 1.29 is 0 Å². The molecule has 1 atom stereocenters. The van der Waals surface area contributed by atoms with Crippen LogP contribution >= 0.6 is 23.4 Å². The van der Waals surface area contributed by atoms with E-state index in [2.05, 4.69) is 37.3 Å². The molecule has 2 aromatic rings. The predicted molar refractivity (Wildman–Crippen MR) is 85.7 cm³/mol. The molecule has 0 aromatic heterocycles. The van der Waals surface area contributed by atoms with Crippen LogP contribution in [-0.4, -0.2) is 6.54 Å². The van der Waals surface area contributed by atoms with Gasteiger partial charge in [-0.3, -0.25) is 0 Å². The fourth-order valence-corrected chi connectivity index (χ4v) is 3.29. The number of hydrogen-bond acceptors (Lipinski definition) is 2. The quantitative estimate of drug-likeness (QED) is 0.872. The van der Waals surface area contributed by atoms with Crippen molar-refractivity contribution in [3.05, 3.63) is 70.2 Å². The molecule has 0 radical (unpaired) electrons. The Labute approximate surface area is 124 Å². The molecule has 0 saturated carbocycles. The highest BCUT2D eigenvalue weighted by atomic mass is 35.5. The van der Waals surface area contributed by atoms with E-state index in [1.54, 1.807) is 0 Å². The highest BCUT2D eigenvalue weighted by Crippen LogP contribution is 2.32. The van der Waals surface area contributed by atoms with E-state index < -0.39 is 0 Å². The van der Waals surface area contributed by atoms with Gasteiger partial charge < -0.3 is 5.73 Å². The van der Waals surface area contributed by atoms with Crippen LogP contribution < -0.4 is 5.73 Å². The molecule has 2 aromatic carbocycles. The van der Waals surface area contributed by atoms with E-state index in [9.17, 15) is 0 Å². The fourth-order valence-electron chi connectivity index (χ4n) is 1.89. The highest BCUT2D eigenvalue weighted by Gasteiger charge is 2.11. The van der Waals surface area contributed by atoms with Crippen molar-refractivity contribution in [2.75, 3.05) is 6.54 Å². The molecule has 2 N–H and O–H groups in total. The fraction of sp³-hybridized carbons (Fsp3) is 0.250. The Hall–Kier alpha value is -0.960. The zero-order valence-corrected chi connectivity index (χ0v) is 12.5. The summed E-state index contributed by atoms with van der Waals surface area (Å²) in [5.74, 6) is 0.884. The first kappa shape index (κ1) is 14.4. The molecule has 1 unspecified atom stereocenters. The number of nitrogens with two attached hydrogens (primary N) is 1. The summed E-state index contributed by atoms with van der Waals surface area (Å²) >= 11 is 8.01. The average molecular weight is 292 g/mol. The lowest BCUT2D eigenvalue weighted by atomic mass is 10.1. The molecule has 0 amide bonds. The third-order valence-electron chi connectivity index (χ3n) is 3.06. The molecule has 0 spiro atoms. The van der Waals surface area contributed by atoms with Crippen LogP contribution in [-0.2, 0) is 5.75 Å². The molecule has 0 fully saturated rings. The first-order chi connectivity index (χ1) is 9.20. The third kappa shape index (κ3) is 4.00. The summed E-state index contributed by atoms with van der Waals surface area (Å²) in [7, 11) is 0. The first-order valence-electron chi connectivity index (χ1n) is 6.32. The smallest absolute Gasteiger partial charge is 0.0446 e. The van der Waals surface area contributed by atoms with Gasteiger partial charge in [0.2, 0.25) is 0 Å². The number of halogens is 1. The number of aryl methyl sites for hydroxylation is 1. The van der Waals surface area contributed by atoms with Gasteiger partial charge in [0, 0.05) is 22.6 Å². The van der Waals surface area contributed by atoms with Crippen LogP contribution in [0.1, 0.15) is 21.9 Å². The van der Waals surface area contributed by atoms with Crippen LogP contribution in [0.3, 0.4) is 0 Å². The number of thioether (sulfide) groups is 1. The summed E-state index contributed by atoms with van der Waals surface area (Å²) in [6.07, 6.45) is 0. The molecule has 1 nitrogen and oxygen atoms in total. The Kier molecular flexibility index (Phi) is 5.32. The lowest BCUT2D eigenvalue weighted by Crippen LogP contribution is -2.09. The molecule has 0 aliphatic heterocycles. The van der Waals surface area contributed by atoms with E-state index >= 15 is 0 Å². The Morgan fingerprint density at radius 3 is 2.42 bits per heavy atom. The molecule has 0 bridgehead atoms. The molecule has 3 heteroatoms. The SMILES string of the molecule is Cc1ccc(C(CN)SCc2ccccc2Cl)cc1. The Balaban J connectivity index is 2.04. The lowest BCUT2D eigenvalue weighted by molar-refractivity contribution is 0.939. The van der Waals surface area contributed by atoms with Gasteiger partial charge >= 0.3 is 0 Å². The summed E-state index contributed by atoms with van der Waals surface area (Å²) < 4.78 is 0. The van der Waals surface area contributed by atoms with Gasteiger partial charge in [-0.1, -0.05) is 59.6 Å². The molecule has 0 aliphatic rings. The Bertz CT molecular complexity index is 525. The van der Waals surface area contributed by atoms with E-state index in [-0.39, 0.29) is 0 Å².